The van der Waals surface area contributed by atoms with Crippen LogP contribution in [0.4, 0.5) is 10.5 Å². The molecule has 3 N–H and O–H groups in total. The van der Waals surface area contributed by atoms with Gasteiger partial charge in [0.25, 0.3) is 0 Å². The zero-order valence-corrected chi connectivity index (χ0v) is 12.6. The third-order valence-electron chi connectivity index (χ3n) is 2.87. The van der Waals surface area contributed by atoms with E-state index in [1.807, 2.05) is 32.0 Å². The Morgan fingerprint density at radius 1 is 1.10 bits per heavy atom. The van der Waals surface area contributed by atoms with Crippen molar-refractivity contribution in [1.29, 1.82) is 0 Å². The number of nitrogens with one attached hydrogen (secondary N) is 2. The Labute approximate surface area is 119 Å². The molecule has 0 saturated carbocycles. The highest BCUT2D eigenvalue weighted by molar-refractivity contribution is 5.92. The first-order chi connectivity index (χ1) is 9.09. The second kappa shape index (κ2) is 5.94. The largest absolute Gasteiger partial charge is 0.480 e. The lowest BCUT2D eigenvalue weighted by atomic mass is 9.87. The van der Waals surface area contributed by atoms with Crippen molar-refractivity contribution in [2.75, 3.05) is 5.32 Å². The number of carboxylic acids is 1. The number of aliphatic carboxylic acids is 1. The summed E-state index contributed by atoms with van der Waals surface area (Å²) in [5, 5.41) is 14.3. The van der Waals surface area contributed by atoms with Crippen molar-refractivity contribution in [3.8, 4) is 0 Å². The number of rotatable bonds is 3. The van der Waals surface area contributed by atoms with Crippen LogP contribution >= 0.6 is 0 Å². The van der Waals surface area contributed by atoms with Crippen molar-refractivity contribution < 1.29 is 14.7 Å². The summed E-state index contributed by atoms with van der Waals surface area (Å²) in [6, 6.07) is 4.20. The maximum atomic E-state index is 11.9. The predicted octanol–water partition coefficient (Wildman–Crippen LogP) is 2.92. The first kappa shape index (κ1) is 16.0. The maximum Gasteiger partial charge on any atom is 0.326 e. The minimum atomic E-state index is -1.05. The molecule has 0 aromatic heterocycles. The molecule has 1 aromatic carbocycles. The molecule has 0 heterocycles. The van der Waals surface area contributed by atoms with Crippen molar-refractivity contribution in [3.63, 3.8) is 0 Å². The summed E-state index contributed by atoms with van der Waals surface area (Å²) in [6.45, 7) is 9.17. The SMILES string of the molecule is Cc1cc(C)cc(NC(=O)N[C@@H](C(=O)O)C(C)(C)C)c1. The smallest absolute Gasteiger partial charge is 0.326 e. The van der Waals surface area contributed by atoms with Gasteiger partial charge in [0, 0.05) is 5.69 Å². The molecule has 0 aliphatic rings. The van der Waals surface area contributed by atoms with Crippen LogP contribution in [0, 0.1) is 19.3 Å². The van der Waals surface area contributed by atoms with E-state index in [1.54, 1.807) is 20.8 Å². The van der Waals surface area contributed by atoms with Crippen molar-refractivity contribution in [2.24, 2.45) is 5.41 Å². The fourth-order valence-corrected chi connectivity index (χ4v) is 1.99. The standard InChI is InChI=1S/C15H22N2O3/c1-9-6-10(2)8-11(7-9)16-14(20)17-12(13(18)19)15(3,4)5/h6-8,12H,1-5H3,(H,18,19)(H2,16,17,20)/t12-/m0/s1. The second-order valence-corrected chi connectivity index (χ2v) is 6.11. The summed E-state index contributed by atoms with van der Waals surface area (Å²) in [7, 11) is 0. The van der Waals surface area contributed by atoms with E-state index in [4.69, 9.17) is 5.11 Å². The van der Waals surface area contributed by atoms with E-state index in [0.29, 0.717) is 5.69 Å². The molecular weight excluding hydrogens is 256 g/mol. The van der Waals surface area contributed by atoms with Gasteiger partial charge >= 0.3 is 12.0 Å². The Morgan fingerprint density at radius 3 is 2.00 bits per heavy atom. The summed E-state index contributed by atoms with van der Waals surface area (Å²) in [4.78, 5) is 23.1. The van der Waals surface area contributed by atoms with E-state index in [0.717, 1.165) is 11.1 Å². The van der Waals surface area contributed by atoms with Gasteiger partial charge in [-0.2, -0.15) is 0 Å². The molecule has 0 spiro atoms. The predicted molar refractivity (Wildman–Crippen MR) is 78.9 cm³/mol. The molecule has 0 saturated heterocycles. The van der Waals surface area contributed by atoms with Gasteiger partial charge in [-0.1, -0.05) is 26.8 Å². The molecule has 5 heteroatoms. The lowest BCUT2D eigenvalue weighted by Gasteiger charge is -2.27. The van der Waals surface area contributed by atoms with Gasteiger partial charge in [-0.3, -0.25) is 0 Å². The molecule has 20 heavy (non-hydrogen) atoms. The van der Waals surface area contributed by atoms with Crippen LogP contribution in [-0.4, -0.2) is 23.1 Å². The lowest BCUT2D eigenvalue weighted by molar-refractivity contribution is -0.141. The number of aryl methyl sites for hydroxylation is 2. The highest BCUT2D eigenvalue weighted by Gasteiger charge is 2.32. The summed E-state index contributed by atoms with van der Waals surface area (Å²) >= 11 is 0. The van der Waals surface area contributed by atoms with Crippen LogP contribution in [0.2, 0.25) is 0 Å². The number of hydrogen-bond acceptors (Lipinski definition) is 2. The highest BCUT2D eigenvalue weighted by Crippen LogP contribution is 2.20. The normalized spacial score (nSPS) is 12.7. The average Bonchev–Trinajstić information content (AvgIpc) is 2.22. The first-order valence-corrected chi connectivity index (χ1v) is 6.48. The van der Waals surface area contributed by atoms with Crippen molar-refractivity contribution in [2.45, 2.75) is 40.7 Å². The van der Waals surface area contributed by atoms with E-state index in [-0.39, 0.29) is 0 Å². The molecule has 110 valence electrons. The first-order valence-electron chi connectivity index (χ1n) is 6.48. The van der Waals surface area contributed by atoms with E-state index in [1.165, 1.54) is 0 Å². The number of urea groups is 1. The molecule has 0 aliphatic heterocycles. The number of benzene rings is 1. The minimum absolute atomic E-state index is 0.516. The average molecular weight is 278 g/mol. The summed E-state index contributed by atoms with van der Waals surface area (Å²) in [6.07, 6.45) is 0. The third kappa shape index (κ3) is 4.57. The monoisotopic (exact) mass is 278 g/mol. The van der Waals surface area contributed by atoms with Gasteiger partial charge in [0.05, 0.1) is 0 Å². The van der Waals surface area contributed by atoms with Gasteiger partial charge in [-0.25, -0.2) is 9.59 Å². The summed E-state index contributed by atoms with van der Waals surface area (Å²) < 4.78 is 0. The van der Waals surface area contributed by atoms with Gasteiger partial charge in [-0.05, 0) is 42.5 Å². The number of anilines is 1. The van der Waals surface area contributed by atoms with Crippen LogP contribution in [0.15, 0.2) is 18.2 Å². The fraction of sp³-hybridized carbons (Fsp3) is 0.467. The zero-order chi connectivity index (χ0) is 15.5. The van der Waals surface area contributed by atoms with Crippen molar-refractivity contribution in [3.05, 3.63) is 29.3 Å². The lowest BCUT2D eigenvalue weighted by Crippen LogP contribution is -2.50. The highest BCUT2D eigenvalue weighted by atomic mass is 16.4. The molecule has 1 atom stereocenters. The zero-order valence-electron chi connectivity index (χ0n) is 12.6. The van der Waals surface area contributed by atoms with Crippen molar-refractivity contribution in [1.82, 2.24) is 5.32 Å². The molecule has 0 aliphatic carbocycles. The van der Waals surface area contributed by atoms with Gasteiger partial charge in [-0.15, -0.1) is 0 Å². The van der Waals surface area contributed by atoms with E-state index >= 15 is 0 Å². The van der Waals surface area contributed by atoms with Gasteiger partial charge in [0.15, 0.2) is 0 Å². The van der Waals surface area contributed by atoms with Gasteiger partial charge < -0.3 is 15.7 Å². The Bertz CT molecular complexity index is 498. The van der Waals surface area contributed by atoms with Crippen LogP contribution in [0.3, 0.4) is 0 Å². The molecule has 1 rings (SSSR count). The summed E-state index contributed by atoms with van der Waals surface area (Å²) in [5.74, 6) is -1.05. The Kier molecular flexibility index (Phi) is 4.76. The topological polar surface area (TPSA) is 78.4 Å². The van der Waals surface area contributed by atoms with Crippen molar-refractivity contribution >= 4 is 17.7 Å². The van der Waals surface area contributed by atoms with Crippen LogP contribution in [0.25, 0.3) is 0 Å². The number of amides is 2. The molecule has 5 nitrogen and oxygen atoms in total. The molecule has 0 bridgehead atoms. The quantitative estimate of drug-likeness (QED) is 0.795. The Balaban J connectivity index is 2.78. The Morgan fingerprint density at radius 2 is 1.60 bits per heavy atom. The maximum absolute atomic E-state index is 11.9. The number of carboxylic acid groups (broad SMARTS) is 1. The van der Waals surface area contributed by atoms with Crippen LogP contribution < -0.4 is 10.6 Å². The van der Waals surface area contributed by atoms with Crippen LogP contribution in [-0.2, 0) is 4.79 Å². The minimum Gasteiger partial charge on any atom is -0.480 e. The van der Waals surface area contributed by atoms with Crippen LogP contribution in [0.5, 0.6) is 0 Å². The second-order valence-electron chi connectivity index (χ2n) is 6.11. The number of carbonyl (C=O) groups is 2. The molecule has 2 amide bonds. The van der Waals surface area contributed by atoms with E-state index in [9.17, 15) is 9.59 Å². The third-order valence-corrected chi connectivity index (χ3v) is 2.87. The summed E-state index contributed by atoms with van der Waals surface area (Å²) in [5.41, 5.74) is 2.15. The van der Waals surface area contributed by atoms with Gasteiger partial charge in [0.2, 0.25) is 0 Å². The number of carbonyl (C=O) groups excluding carboxylic acids is 1. The molecule has 1 aromatic rings. The molecule has 0 unspecified atom stereocenters. The number of hydrogen-bond donors (Lipinski definition) is 3. The molecule has 0 fully saturated rings. The van der Waals surface area contributed by atoms with E-state index < -0.39 is 23.5 Å². The van der Waals surface area contributed by atoms with E-state index in [2.05, 4.69) is 10.6 Å². The van der Waals surface area contributed by atoms with Crippen LogP contribution in [0.1, 0.15) is 31.9 Å². The van der Waals surface area contributed by atoms with Gasteiger partial charge in [0.1, 0.15) is 6.04 Å². The molecule has 0 radical (unpaired) electrons. The molecular formula is C15H22N2O3. The Hall–Kier alpha value is -2.04. The fourth-order valence-electron chi connectivity index (χ4n) is 1.99.